The quantitative estimate of drug-likeness (QED) is 0.855. The summed E-state index contributed by atoms with van der Waals surface area (Å²) in [6.45, 7) is 4.82. The first-order valence-electron chi connectivity index (χ1n) is 6.91. The minimum atomic E-state index is -0.578. The number of carbonyl (C=O) groups excluding carboxylic acids is 1. The maximum atomic E-state index is 12.2. The van der Waals surface area contributed by atoms with E-state index in [1.54, 1.807) is 12.0 Å². The van der Waals surface area contributed by atoms with Gasteiger partial charge in [-0.2, -0.15) is 5.10 Å². The average molecular weight is 281 g/mol. The van der Waals surface area contributed by atoms with Gasteiger partial charge in [-0.3, -0.25) is 9.48 Å². The summed E-state index contributed by atoms with van der Waals surface area (Å²) in [7, 11) is 3.47. The molecule has 20 heavy (non-hydrogen) atoms. The van der Waals surface area contributed by atoms with Gasteiger partial charge >= 0.3 is 0 Å². The molecule has 112 valence electrons. The zero-order chi connectivity index (χ0) is 14.9. The van der Waals surface area contributed by atoms with E-state index in [4.69, 9.17) is 4.74 Å². The Morgan fingerprint density at radius 1 is 1.45 bits per heavy atom. The number of β-amino-alcohol motifs (C(OH)–C–C–N with tert-alkyl or cyclic N) is 1. The lowest BCUT2D eigenvalue weighted by molar-refractivity contribution is -0.130. The van der Waals surface area contributed by atoms with Gasteiger partial charge in [-0.1, -0.05) is 0 Å². The summed E-state index contributed by atoms with van der Waals surface area (Å²) in [5.41, 5.74) is 3.23. The van der Waals surface area contributed by atoms with Crippen molar-refractivity contribution in [3.8, 4) is 0 Å². The molecule has 0 unspecified atom stereocenters. The Labute approximate surface area is 119 Å². The predicted octanol–water partition coefficient (Wildman–Crippen LogP) is 0.188. The summed E-state index contributed by atoms with van der Waals surface area (Å²) >= 11 is 0. The average Bonchev–Trinajstić information content (AvgIpc) is 2.89. The molecule has 1 N–H and O–H groups in total. The van der Waals surface area contributed by atoms with Crippen LogP contribution >= 0.6 is 0 Å². The highest BCUT2D eigenvalue weighted by Crippen LogP contribution is 2.17. The minimum Gasteiger partial charge on any atom is -0.388 e. The number of aromatic nitrogens is 2. The van der Waals surface area contributed by atoms with Crippen molar-refractivity contribution in [3.63, 3.8) is 0 Å². The number of aliphatic hydroxyl groups excluding tert-OH is 1. The molecule has 1 aromatic rings. The smallest absolute Gasteiger partial charge is 0.223 e. The zero-order valence-corrected chi connectivity index (χ0v) is 12.6. The topological polar surface area (TPSA) is 67.6 Å². The first-order valence-corrected chi connectivity index (χ1v) is 6.91. The van der Waals surface area contributed by atoms with E-state index in [1.165, 1.54) is 0 Å². The normalized spacial score (nSPS) is 22.6. The molecule has 0 spiro atoms. The molecule has 1 aliphatic rings. The van der Waals surface area contributed by atoms with E-state index >= 15 is 0 Å². The molecule has 1 aliphatic heterocycles. The van der Waals surface area contributed by atoms with Crippen LogP contribution in [0.5, 0.6) is 0 Å². The number of hydrogen-bond acceptors (Lipinski definition) is 4. The third-order valence-electron chi connectivity index (χ3n) is 4.14. The Hall–Kier alpha value is -1.40. The number of aryl methyl sites for hydroxylation is 2. The second-order valence-corrected chi connectivity index (χ2v) is 5.41. The number of aliphatic hydroxyl groups is 1. The molecule has 1 saturated heterocycles. The van der Waals surface area contributed by atoms with Gasteiger partial charge in [0.2, 0.25) is 5.91 Å². The highest BCUT2D eigenvalue weighted by molar-refractivity contribution is 5.77. The molecule has 1 aromatic heterocycles. The highest BCUT2D eigenvalue weighted by Gasteiger charge is 2.33. The lowest BCUT2D eigenvalue weighted by Crippen LogP contribution is -2.30. The van der Waals surface area contributed by atoms with Crippen LogP contribution in [-0.4, -0.2) is 58.1 Å². The molecule has 0 bridgehead atoms. The summed E-state index contributed by atoms with van der Waals surface area (Å²) in [6, 6.07) is 0. The van der Waals surface area contributed by atoms with Crippen molar-refractivity contribution in [2.24, 2.45) is 7.05 Å². The van der Waals surface area contributed by atoms with Gasteiger partial charge in [-0.25, -0.2) is 0 Å². The maximum absolute atomic E-state index is 12.2. The van der Waals surface area contributed by atoms with Crippen molar-refractivity contribution in [1.29, 1.82) is 0 Å². The Balaban J connectivity index is 1.93. The Morgan fingerprint density at radius 3 is 2.65 bits per heavy atom. The van der Waals surface area contributed by atoms with Crippen molar-refractivity contribution in [2.75, 3.05) is 20.2 Å². The molecule has 6 nitrogen and oxygen atoms in total. The Morgan fingerprint density at radius 2 is 2.15 bits per heavy atom. The molecule has 2 heterocycles. The van der Waals surface area contributed by atoms with Crippen LogP contribution in [0, 0.1) is 13.8 Å². The molecule has 2 rings (SSSR count). The standard InChI is InChI=1S/C14H23N3O3/c1-9-11(10(2)16(3)15-9)5-6-14(19)17-7-12(18)13(8-17)20-4/h12-13,18H,5-8H2,1-4H3/t12-,13-/m0/s1. The predicted molar refractivity (Wildman–Crippen MR) is 74.4 cm³/mol. The van der Waals surface area contributed by atoms with Crippen LogP contribution in [0.3, 0.4) is 0 Å². The number of nitrogens with zero attached hydrogens (tertiary/aromatic N) is 3. The lowest BCUT2D eigenvalue weighted by Gasteiger charge is -2.15. The third-order valence-corrected chi connectivity index (χ3v) is 4.14. The second kappa shape index (κ2) is 5.93. The third kappa shape index (κ3) is 2.86. The van der Waals surface area contributed by atoms with Gasteiger partial charge in [-0.05, 0) is 25.8 Å². The zero-order valence-electron chi connectivity index (χ0n) is 12.6. The summed E-state index contributed by atoms with van der Waals surface area (Å²) < 4.78 is 6.99. The highest BCUT2D eigenvalue weighted by atomic mass is 16.5. The fraction of sp³-hybridized carbons (Fsp3) is 0.714. The summed E-state index contributed by atoms with van der Waals surface area (Å²) in [6.07, 6.45) is 0.289. The van der Waals surface area contributed by atoms with Gasteiger partial charge < -0.3 is 14.7 Å². The number of carbonyl (C=O) groups is 1. The lowest BCUT2D eigenvalue weighted by atomic mass is 10.1. The van der Waals surface area contributed by atoms with Gasteiger partial charge in [-0.15, -0.1) is 0 Å². The van der Waals surface area contributed by atoms with Crippen molar-refractivity contribution in [2.45, 2.75) is 38.9 Å². The fourth-order valence-electron chi connectivity index (χ4n) is 2.76. The van der Waals surface area contributed by atoms with Crippen LogP contribution in [0.15, 0.2) is 0 Å². The van der Waals surface area contributed by atoms with Crippen LogP contribution in [0.1, 0.15) is 23.4 Å². The van der Waals surface area contributed by atoms with E-state index in [-0.39, 0.29) is 12.0 Å². The first-order chi connectivity index (χ1) is 9.43. The maximum Gasteiger partial charge on any atom is 0.223 e. The minimum absolute atomic E-state index is 0.0613. The van der Waals surface area contributed by atoms with Gasteiger partial charge in [0.05, 0.1) is 11.8 Å². The van der Waals surface area contributed by atoms with E-state index in [1.807, 2.05) is 25.6 Å². The van der Waals surface area contributed by atoms with Gasteiger partial charge in [0.1, 0.15) is 6.10 Å². The molecule has 6 heteroatoms. The summed E-state index contributed by atoms with van der Waals surface area (Å²) in [5.74, 6) is 0.0613. The summed E-state index contributed by atoms with van der Waals surface area (Å²) in [5, 5.41) is 14.1. The van der Waals surface area contributed by atoms with E-state index in [0.717, 1.165) is 17.0 Å². The van der Waals surface area contributed by atoms with Crippen LogP contribution in [0.2, 0.25) is 0 Å². The molecule has 0 aromatic carbocycles. The van der Waals surface area contributed by atoms with Crippen LogP contribution < -0.4 is 0 Å². The molecule has 0 saturated carbocycles. The van der Waals surface area contributed by atoms with Crippen LogP contribution in [0.25, 0.3) is 0 Å². The molecule has 1 fully saturated rings. The monoisotopic (exact) mass is 281 g/mol. The SMILES string of the molecule is CO[C@H]1CN(C(=O)CCc2c(C)nn(C)c2C)C[C@@H]1O. The number of likely N-dealkylation sites (tertiary alicyclic amines) is 1. The second-order valence-electron chi connectivity index (χ2n) is 5.41. The van der Waals surface area contributed by atoms with E-state index in [9.17, 15) is 9.90 Å². The van der Waals surface area contributed by atoms with Crippen molar-refractivity contribution in [3.05, 3.63) is 17.0 Å². The largest absolute Gasteiger partial charge is 0.388 e. The Kier molecular flexibility index (Phi) is 4.45. The molecular formula is C14H23N3O3. The number of hydrogen-bond donors (Lipinski definition) is 1. The molecule has 0 radical (unpaired) electrons. The first kappa shape index (κ1) is 15.0. The molecular weight excluding hydrogens is 258 g/mol. The van der Waals surface area contributed by atoms with Gasteiger partial charge in [0, 0.05) is 39.4 Å². The van der Waals surface area contributed by atoms with Gasteiger partial charge in [0.25, 0.3) is 0 Å². The number of amides is 1. The van der Waals surface area contributed by atoms with Crippen molar-refractivity contribution < 1.29 is 14.6 Å². The number of ether oxygens (including phenoxy) is 1. The molecule has 0 aliphatic carbocycles. The van der Waals surface area contributed by atoms with E-state index in [0.29, 0.717) is 25.9 Å². The number of methoxy groups -OCH3 is 1. The van der Waals surface area contributed by atoms with E-state index < -0.39 is 6.10 Å². The Bertz CT molecular complexity index is 498. The summed E-state index contributed by atoms with van der Waals surface area (Å²) in [4.78, 5) is 13.9. The van der Waals surface area contributed by atoms with Crippen LogP contribution in [0.4, 0.5) is 0 Å². The van der Waals surface area contributed by atoms with Gasteiger partial charge in [0.15, 0.2) is 0 Å². The fourth-order valence-corrected chi connectivity index (χ4v) is 2.76. The van der Waals surface area contributed by atoms with Crippen LogP contribution in [-0.2, 0) is 23.0 Å². The number of rotatable bonds is 4. The van der Waals surface area contributed by atoms with Crippen molar-refractivity contribution in [1.82, 2.24) is 14.7 Å². The molecule has 1 amide bonds. The molecule has 2 atom stereocenters. The van der Waals surface area contributed by atoms with E-state index in [2.05, 4.69) is 5.10 Å². The van der Waals surface area contributed by atoms with Crippen molar-refractivity contribution >= 4 is 5.91 Å².